The van der Waals surface area contributed by atoms with Crippen molar-refractivity contribution in [2.45, 2.75) is 13.3 Å². The molecule has 3 aromatic heterocycles. The van der Waals surface area contributed by atoms with Crippen LogP contribution in [-0.2, 0) is 6.42 Å². The third-order valence-corrected chi connectivity index (χ3v) is 4.24. The van der Waals surface area contributed by atoms with Gasteiger partial charge in [0.05, 0.1) is 5.52 Å². The molecule has 6 nitrogen and oxygen atoms in total. The van der Waals surface area contributed by atoms with Crippen molar-refractivity contribution in [1.82, 2.24) is 20.1 Å². The highest BCUT2D eigenvalue weighted by Crippen LogP contribution is 2.26. The zero-order chi connectivity index (χ0) is 17.5. The lowest BCUT2D eigenvalue weighted by Crippen LogP contribution is -1.86. The number of hydrogen-bond donors (Lipinski definition) is 0. The maximum absolute atomic E-state index is 5.64. The van der Waals surface area contributed by atoms with Crippen LogP contribution in [0.5, 0.6) is 0 Å². The van der Waals surface area contributed by atoms with Crippen molar-refractivity contribution in [2.75, 3.05) is 0 Å². The Balaban J connectivity index is 1.54. The first-order chi connectivity index (χ1) is 12.8. The predicted octanol–water partition coefficient (Wildman–Crippen LogP) is 4.66. The Hall–Kier alpha value is -3.54. The quantitative estimate of drug-likeness (QED) is 0.475. The first-order valence-corrected chi connectivity index (χ1v) is 8.40. The van der Waals surface area contributed by atoms with Crippen molar-refractivity contribution in [3.05, 3.63) is 60.5 Å². The van der Waals surface area contributed by atoms with Gasteiger partial charge in [0.15, 0.2) is 11.5 Å². The lowest BCUT2D eigenvalue weighted by Gasteiger charge is -1.98. The van der Waals surface area contributed by atoms with Gasteiger partial charge in [-0.1, -0.05) is 36.3 Å². The van der Waals surface area contributed by atoms with Crippen LogP contribution in [0, 0.1) is 0 Å². The minimum absolute atomic E-state index is 0.389. The second-order valence-electron chi connectivity index (χ2n) is 5.96. The van der Waals surface area contributed by atoms with E-state index in [1.807, 2.05) is 61.5 Å². The Labute approximate surface area is 148 Å². The summed E-state index contributed by atoms with van der Waals surface area (Å²) in [6.45, 7) is 2.01. The topological polar surface area (TPSA) is 77.8 Å². The molecule has 0 aliphatic heterocycles. The van der Waals surface area contributed by atoms with Crippen LogP contribution in [0.15, 0.2) is 63.5 Å². The maximum Gasteiger partial charge on any atom is 0.276 e. The number of oxazole rings is 1. The van der Waals surface area contributed by atoms with E-state index in [-0.39, 0.29) is 0 Å². The van der Waals surface area contributed by atoms with Crippen molar-refractivity contribution in [3.8, 4) is 23.0 Å². The SMILES string of the molecule is CCc1nc2cc(-c3noc(-c4ccc5ccccc5n4)n3)ccc2o1. The molecule has 3 heterocycles. The summed E-state index contributed by atoms with van der Waals surface area (Å²) in [5.41, 5.74) is 3.91. The molecule has 0 unspecified atom stereocenters. The molecule has 6 heteroatoms. The Bertz CT molecular complexity index is 1240. The molecule has 0 saturated heterocycles. The van der Waals surface area contributed by atoms with Gasteiger partial charge in [-0.05, 0) is 30.3 Å². The van der Waals surface area contributed by atoms with Crippen LogP contribution in [0.4, 0.5) is 0 Å². The summed E-state index contributed by atoms with van der Waals surface area (Å²) < 4.78 is 11.1. The standard InChI is InChI=1S/C20H14N4O2/c1-2-18-22-16-11-13(8-10-17(16)25-18)19-23-20(26-24-19)15-9-7-12-5-3-4-6-14(12)21-15/h3-11H,2H2,1H3. The number of aryl methyl sites for hydroxylation is 1. The van der Waals surface area contributed by atoms with E-state index in [4.69, 9.17) is 8.94 Å². The smallest absolute Gasteiger partial charge is 0.276 e. The van der Waals surface area contributed by atoms with E-state index < -0.39 is 0 Å². The molecule has 126 valence electrons. The van der Waals surface area contributed by atoms with Crippen LogP contribution in [0.25, 0.3) is 45.0 Å². The highest BCUT2D eigenvalue weighted by molar-refractivity contribution is 5.81. The molecule has 0 radical (unpaired) electrons. The summed E-state index contributed by atoms with van der Waals surface area (Å²) in [6.07, 6.45) is 0.754. The fraction of sp³-hybridized carbons (Fsp3) is 0.100. The summed E-state index contributed by atoms with van der Waals surface area (Å²) in [5.74, 6) is 1.60. The molecule has 0 aliphatic carbocycles. The molecule has 0 saturated carbocycles. The molecule has 0 atom stereocenters. The molecule has 26 heavy (non-hydrogen) atoms. The van der Waals surface area contributed by atoms with Gasteiger partial charge in [-0.2, -0.15) is 4.98 Å². The normalized spacial score (nSPS) is 11.4. The van der Waals surface area contributed by atoms with Crippen LogP contribution < -0.4 is 0 Å². The third kappa shape index (κ3) is 2.43. The van der Waals surface area contributed by atoms with Crippen molar-refractivity contribution in [1.29, 1.82) is 0 Å². The number of pyridine rings is 1. The highest BCUT2D eigenvalue weighted by atomic mass is 16.5. The minimum atomic E-state index is 0.389. The molecule has 0 fully saturated rings. The zero-order valence-electron chi connectivity index (χ0n) is 14.0. The highest BCUT2D eigenvalue weighted by Gasteiger charge is 2.14. The lowest BCUT2D eigenvalue weighted by atomic mass is 10.2. The fourth-order valence-electron chi connectivity index (χ4n) is 2.90. The van der Waals surface area contributed by atoms with E-state index in [0.717, 1.165) is 34.0 Å². The van der Waals surface area contributed by atoms with E-state index in [9.17, 15) is 0 Å². The second kappa shape index (κ2) is 5.77. The van der Waals surface area contributed by atoms with Gasteiger partial charge >= 0.3 is 0 Å². The summed E-state index contributed by atoms with van der Waals surface area (Å²) in [7, 11) is 0. The van der Waals surface area contributed by atoms with Crippen molar-refractivity contribution in [2.24, 2.45) is 0 Å². The molecule has 0 N–H and O–H groups in total. The average molecular weight is 342 g/mol. The van der Waals surface area contributed by atoms with Gasteiger partial charge in [0.25, 0.3) is 5.89 Å². The minimum Gasteiger partial charge on any atom is -0.441 e. The van der Waals surface area contributed by atoms with Gasteiger partial charge < -0.3 is 8.94 Å². The van der Waals surface area contributed by atoms with Crippen LogP contribution in [0.3, 0.4) is 0 Å². The number of rotatable bonds is 3. The Morgan fingerprint density at radius 3 is 2.73 bits per heavy atom. The number of fused-ring (bicyclic) bond motifs is 2. The van der Waals surface area contributed by atoms with Gasteiger partial charge in [0.2, 0.25) is 5.82 Å². The fourth-order valence-corrected chi connectivity index (χ4v) is 2.90. The summed E-state index contributed by atoms with van der Waals surface area (Å²) in [5, 5.41) is 5.16. The molecule has 0 aliphatic rings. The second-order valence-corrected chi connectivity index (χ2v) is 5.96. The summed E-state index contributed by atoms with van der Waals surface area (Å²) >= 11 is 0. The number of benzene rings is 2. The Kier molecular flexibility index (Phi) is 3.28. The molecule has 5 aromatic rings. The molecule has 0 bridgehead atoms. The molecule has 0 spiro atoms. The summed E-state index contributed by atoms with van der Waals surface area (Å²) in [6, 6.07) is 17.5. The van der Waals surface area contributed by atoms with Gasteiger partial charge in [-0.3, -0.25) is 0 Å². The predicted molar refractivity (Wildman–Crippen MR) is 97.4 cm³/mol. The van der Waals surface area contributed by atoms with Crippen molar-refractivity contribution < 1.29 is 8.94 Å². The molecule has 2 aromatic carbocycles. The van der Waals surface area contributed by atoms with Crippen LogP contribution in [0.2, 0.25) is 0 Å². The van der Waals surface area contributed by atoms with E-state index in [1.165, 1.54) is 0 Å². The third-order valence-electron chi connectivity index (χ3n) is 4.24. The molecular weight excluding hydrogens is 328 g/mol. The number of aromatic nitrogens is 4. The van der Waals surface area contributed by atoms with Crippen LogP contribution >= 0.6 is 0 Å². The van der Waals surface area contributed by atoms with E-state index in [1.54, 1.807) is 0 Å². The first-order valence-electron chi connectivity index (χ1n) is 8.40. The maximum atomic E-state index is 5.64. The van der Waals surface area contributed by atoms with Gasteiger partial charge in [-0.15, -0.1) is 0 Å². The monoisotopic (exact) mass is 342 g/mol. The van der Waals surface area contributed by atoms with E-state index in [0.29, 0.717) is 23.3 Å². The molecular formula is C20H14N4O2. The van der Waals surface area contributed by atoms with Crippen LogP contribution in [0.1, 0.15) is 12.8 Å². The van der Waals surface area contributed by atoms with Crippen molar-refractivity contribution in [3.63, 3.8) is 0 Å². The number of para-hydroxylation sites is 1. The lowest BCUT2D eigenvalue weighted by molar-refractivity contribution is 0.431. The summed E-state index contributed by atoms with van der Waals surface area (Å²) in [4.78, 5) is 13.5. The van der Waals surface area contributed by atoms with Gasteiger partial charge in [0, 0.05) is 17.4 Å². The number of hydrogen-bond acceptors (Lipinski definition) is 6. The average Bonchev–Trinajstić information content (AvgIpc) is 3.33. The molecule has 5 rings (SSSR count). The Morgan fingerprint density at radius 1 is 0.885 bits per heavy atom. The van der Waals surface area contributed by atoms with Crippen LogP contribution in [-0.4, -0.2) is 20.1 Å². The largest absolute Gasteiger partial charge is 0.441 e. The van der Waals surface area contributed by atoms with E-state index >= 15 is 0 Å². The van der Waals surface area contributed by atoms with Gasteiger partial charge in [-0.25, -0.2) is 9.97 Å². The van der Waals surface area contributed by atoms with Gasteiger partial charge in [0.1, 0.15) is 11.2 Å². The zero-order valence-corrected chi connectivity index (χ0v) is 14.0. The Morgan fingerprint density at radius 2 is 1.81 bits per heavy atom. The first kappa shape index (κ1) is 14.8. The molecule has 0 amide bonds. The number of nitrogens with zero attached hydrogens (tertiary/aromatic N) is 4. The van der Waals surface area contributed by atoms with Crippen molar-refractivity contribution >= 4 is 22.0 Å². The van der Waals surface area contributed by atoms with E-state index in [2.05, 4.69) is 20.1 Å².